The second-order valence-corrected chi connectivity index (χ2v) is 5.76. The number of urea groups is 1. The first-order valence-corrected chi connectivity index (χ1v) is 7.93. The number of aromatic nitrogens is 3. The summed E-state index contributed by atoms with van der Waals surface area (Å²) in [5, 5.41) is 16.8. The van der Waals surface area contributed by atoms with E-state index in [0.717, 1.165) is 0 Å². The minimum Gasteiger partial charge on any atom is -0.391 e. The summed E-state index contributed by atoms with van der Waals surface area (Å²) in [6, 6.07) is 5.47. The number of nitrogens with one attached hydrogen (secondary N) is 1. The molecule has 0 saturated carbocycles. The normalized spacial score (nSPS) is 20.4. The number of benzene rings is 1. The molecule has 2 atom stereocenters. The quantitative estimate of drug-likeness (QED) is 0.887. The summed E-state index contributed by atoms with van der Waals surface area (Å²) < 4.78 is 15.2. The van der Waals surface area contributed by atoms with Gasteiger partial charge in [-0.25, -0.2) is 18.9 Å². The lowest BCUT2D eigenvalue weighted by Crippen LogP contribution is -2.40. The van der Waals surface area contributed by atoms with E-state index in [9.17, 15) is 14.3 Å². The van der Waals surface area contributed by atoms with Crippen LogP contribution in [0.5, 0.6) is 0 Å². The number of aliphatic hydroxyl groups excluding tert-OH is 1. The van der Waals surface area contributed by atoms with Crippen molar-refractivity contribution in [2.45, 2.75) is 38.6 Å². The van der Waals surface area contributed by atoms with E-state index >= 15 is 0 Å². The van der Waals surface area contributed by atoms with Crippen LogP contribution in [0.3, 0.4) is 0 Å². The van der Waals surface area contributed by atoms with E-state index in [2.05, 4.69) is 15.4 Å². The van der Waals surface area contributed by atoms with Crippen molar-refractivity contribution in [1.29, 1.82) is 0 Å². The molecule has 7 nitrogen and oxygen atoms in total. The number of β-amino-alcohol motifs (C(OH)–C–C–N with tert-alkyl or cyclic N) is 1. The van der Waals surface area contributed by atoms with E-state index in [1.54, 1.807) is 16.8 Å². The van der Waals surface area contributed by atoms with E-state index in [-0.39, 0.29) is 31.0 Å². The molecule has 2 aromatic rings. The topological polar surface area (TPSA) is 83.3 Å². The molecule has 2 heterocycles. The van der Waals surface area contributed by atoms with Gasteiger partial charge < -0.3 is 15.3 Å². The fourth-order valence-electron chi connectivity index (χ4n) is 3.01. The zero-order valence-corrected chi connectivity index (χ0v) is 13.4. The number of hydrogen-bond acceptors (Lipinski definition) is 4. The number of halogens is 1. The minimum absolute atomic E-state index is 0.216. The Kier molecular flexibility index (Phi) is 4.75. The van der Waals surface area contributed by atoms with Gasteiger partial charge in [0, 0.05) is 13.1 Å². The van der Waals surface area contributed by atoms with Crippen LogP contribution in [-0.4, -0.2) is 43.5 Å². The third kappa shape index (κ3) is 3.38. The summed E-state index contributed by atoms with van der Waals surface area (Å²) in [5.74, 6) is 0.304. The number of hydrogen-bond donors (Lipinski definition) is 2. The molecule has 0 unspecified atom stereocenters. The Bertz CT molecular complexity index is 720. The number of nitrogens with zero attached hydrogens (tertiary/aromatic N) is 4. The summed E-state index contributed by atoms with van der Waals surface area (Å²) >= 11 is 0. The maximum atomic E-state index is 13.5. The zero-order valence-electron chi connectivity index (χ0n) is 13.4. The third-order valence-electron chi connectivity index (χ3n) is 4.17. The Balaban J connectivity index is 1.70. The number of rotatable bonds is 4. The van der Waals surface area contributed by atoms with Crippen molar-refractivity contribution in [2.24, 2.45) is 0 Å². The van der Waals surface area contributed by atoms with Gasteiger partial charge in [-0.15, -0.1) is 0 Å². The zero-order chi connectivity index (χ0) is 17.1. The molecule has 0 aliphatic carbocycles. The largest absolute Gasteiger partial charge is 0.391 e. The van der Waals surface area contributed by atoms with Crippen molar-refractivity contribution in [2.75, 3.05) is 6.54 Å². The number of carbonyl (C=O) groups is 1. The molecule has 2 N–H and O–H groups in total. The van der Waals surface area contributed by atoms with Crippen LogP contribution in [0.15, 0.2) is 30.6 Å². The lowest BCUT2D eigenvalue weighted by molar-refractivity contribution is 0.169. The lowest BCUT2D eigenvalue weighted by Gasteiger charge is -2.25. The summed E-state index contributed by atoms with van der Waals surface area (Å²) in [6.45, 7) is 3.07. The summed E-state index contributed by atoms with van der Waals surface area (Å²) in [4.78, 5) is 18.1. The Labute approximate surface area is 139 Å². The van der Waals surface area contributed by atoms with E-state index < -0.39 is 6.10 Å². The van der Waals surface area contributed by atoms with E-state index in [1.165, 1.54) is 23.4 Å². The highest BCUT2D eigenvalue weighted by atomic mass is 19.1. The number of aryl methyl sites for hydroxylation is 1. The Morgan fingerprint density at radius 1 is 1.50 bits per heavy atom. The second kappa shape index (κ2) is 6.96. The number of amides is 2. The first kappa shape index (κ1) is 16.4. The highest BCUT2D eigenvalue weighted by Crippen LogP contribution is 2.32. The SMILES string of the molecule is CCn1ncnc1CNC(=O)N1C[C@@H](O)C[C@H]1c1cccc(F)c1. The average molecular weight is 333 g/mol. The van der Waals surface area contributed by atoms with Gasteiger partial charge in [0.2, 0.25) is 0 Å². The van der Waals surface area contributed by atoms with Crippen molar-refractivity contribution in [3.8, 4) is 0 Å². The van der Waals surface area contributed by atoms with Crippen LogP contribution in [0.1, 0.15) is 30.8 Å². The van der Waals surface area contributed by atoms with Crippen LogP contribution in [-0.2, 0) is 13.1 Å². The van der Waals surface area contributed by atoms with Gasteiger partial charge in [0.05, 0.1) is 18.7 Å². The number of aliphatic hydroxyl groups is 1. The van der Waals surface area contributed by atoms with Gasteiger partial charge in [-0.1, -0.05) is 12.1 Å². The molecule has 128 valence electrons. The Hall–Kier alpha value is -2.48. The van der Waals surface area contributed by atoms with Gasteiger partial charge in [0.15, 0.2) is 0 Å². The molecule has 3 rings (SSSR count). The molecule has 24 heavy (non-hydrogen) atoms. The highest BCUT2D eigenvalue weighted by molar-refractivity contribution is 5.75. The summed E-state index contributed by atoms with van der Waals surface area (Å²) in [6.07, 6.45) is 1.21. The van der Waals surface area contributed by atoms with Crippen LogP contribution in [0.25, 0.3) is 0 Å². The average Bonchev–Trinajstić information content (AvgIpc) is 3.18. The number of likely N-dealkylation sites (tertiary alicyclic amines) is 1. The van der Waals surface area contributed by atoms with Gasteiger partial charge in [0.25, 0.3) is 0 Å². The molecule has 1 saturated heterocycles. The molecule has 8 heteroatoms. The fraction of sp³-hybridized carbons (Fsp3) is 0.438. The molecule has 1 aliphatic rings. The fourth-order valence-corrected chi connectivity index (χ4v) is 3.01. The predicted octanol–water partition coefficient (Wildman–Crippen LogP) is 1.45. The smallest absolute Gasteiger partial charge is 0.318 e. The molecular weight excluding hydrogens is 313 g/mol. The molecule has 1 fully saturated rings. The van der Waals surface area contributed by atoms with E-state index in [4.69, 9.17) is 0 Å². The van der Waals surface area contributed by atoms with Gasteiger partial charge >= 0.3 is 6.03 Å². The molecule has 1 aromatic heterocycles. The maximum Gasteiger partial charge on any atom is 0.318 e. The maximum absolute atomic E-state index is 13.5. The molecule has 0 bridgehead atoms. The van der Waals surface area contributed by atoms with E-state index in [1.807, 2.05) is 6.92 Å². The molecule has 2 amide bonds. The van der Waals surface area contributed by atoms with Crippen molar-refractivity contribution in [3.63, 3.8) is 0 Å². The third-order valence-corrected chi connectivity index (χ3v) is 4.17. The molecule has 1 aliphatic heterocycles. The van der Waals surface area contributed by atoms with Gasteiger partial charge in [-0.3, -0.25) is 0 Å². The van der Waals surface area contributed by atoms with Crippen LogP contribution < -0.4 is 5.32 Å². The van der Waals surface area contributed by atoms with Gasteiger partial charge in [-0.2, -0.15) is 5.10 Å². The van der Waals surface area contributed by atoms with Crippen LogP contribution in [0, 0.1) is 5.82 Å². The molecule has 0 spiro atoms. The van der Waals surface area contributed by atoms with Crippen molar-refractivity contribution >= 4 is 6.03 Å². The lowest BCUT2D eigenvalue weighted by atomic mass is 10.0. The molecular formula is C16H20FN5O2. The molecule has 1 aromatic carbocycles. The van der Waals surface area contributed by atoms with Gasteiger partial charge in [-0.05, 0) is 31.0 Å². The van der Waals surface area contributed by atoms with Crippen molar-refractivity contribution in [3.05, 3.63) is 47.8 Å². The first-order valence-electron chi connectivity index (χ1n) is 7.93. The highest BCUT2D eigenvalue weighted by Gasteiger charge is 2.35. The predicted molar refractivity (Wildman–Crippen MR) is 84.4 cm³/mol. The van der Waals surface area contributed by atoms with Crippen molar-refractivity contribution in [1.82, 2.24) is 25.0 Å². The summed E-state index contributed by atoms with van der Waals surface area (Å²) in [5.41, 5.74) is 0.679. The minimum atomic E-state index is -0.622. The van der Waals surface area contributed by atoms with Gasteiger partial charge in [0.1, 0.15) is 18.0 Å². The van der Waals surface area contributed by atoms with Crippen LogP contribution in [0.2, 0.25) is 0 Å². The summed E-state index contributed by atoms with van der Waals surface area (Å²) in [7, 11) is 0. The Morgan fingerprint density at radius 3 is 3.08 bits per heavy atom. The second-order valence-electron chi connectivity index (χ2n) is 5.76. The monoisotopic (exact) mass is 333 g/mol. The molecule has 0 radical (unpaired) electrons. The standard InChI is InChI=1S/C16H20FN5O2/c1-2-22-15(19-10-20-22)8-18-16(24)21-9-13(23)7-14(21)11-4-3-5-12(17)6-11/h3-6,10,13-14,23H,2,7-9H2,1H3,(H,18,24)/t13-,14-/m0/s1. The van der Waals surface area contributed by atoms with Crippen molar-refractivity contribution < 1.29 is 14.3 Å². The van der Waals surface area contributed by atoms with Crippen LogP contribution in [0.4, 0.5) is 9.18 Å². The number of carbonyl (C=O) groups excluding carboxylic acids is 1. The van der Waals surface area contributed by atoms with Crippen LogP contribution >= 0.6 is 0 Å². The van der Waals surface area contributed by atoms with E-state index in [0.29, 0.717) is 24.4 Å². The Morgan fingerprint density at radius 2 is 2.33 bits per heavy atom. The first-order chi connectivity index (χ1) is 11.6.